The molecule has 132 valence electrons. The Labute approximate surface area is 147 Å². The molecule has 1 rings (SSSR count). The highest BCUT2D eigenvalue weighted by atomic mass is 16.3. The number of hydrogen-bond donors (Lipinski definition) is 1. The Kier molecular flexibility index (Phi) is 12.4. The Morgan fingerprint density at radius 1 is 0.792 bits per heavy atom. The molecular weight excluding hydrogens is 296 g/mol. The van der Waals surface area contributed by atoms with Crippen molar-refractivity contribution in [3.63, 3.8) is 0 Å². The first-order valence-electron chi connectivity index (χ1n) is 9.34. The Bertz CT molecular complexity index is 488. The largest absolute Gasteiger partial charge is 0.508 e. The average molecular weight is 328 g/mol. The van der Waals surface area contributed by atoms with Crippen molar-refractivity contribution >= 4 is 6.29 Å². The highest BCUT2D eigenvalue weighted by molar-refractivity contribution is 5.49. The van der Waals surface area contributed by atoms with Crippen LogP contribution < -0.4 is 0 Å². The van der Waals surface area contributed by atoms with Crippen LogP contribution in [0.15, 0.2) is 48.6 Å². The molecule has 24 heavy (non-hydrogen) atoms. The molecule has 0 unspecified atom stereocenters. The van der Waals surface area contributed by atoms with Gasteiger partial charge in [-0.15, -0.1) is 0 Å². The monoisotopic (exact) mass is 328 g/mol. The minimum atomic E-state index is 0.370. The lowest BCUT2D eigenvalue weighted by Crippen LogP contribution is -1.86. The number of rotatable bonds is 14. The lowest BCUT2D eigenvalue weighted by molar-refractivity contribution is -0.107. The second kappa shape index (κ2) is 14.7. The molecule has 0 aliphatic heterocycles. The maximum absolute atomic E-state index is 10.2. The number of benzene rings is 1. The van der Waals surface area contributed by atoms with Crippen LogP contribution in [0, 0.1) is 0 Å². The summed E-state index contributed by atoms with van der Waals surface area (Å²) in [6.45, 7) is 0. The van der Waals surface area contributed by atoms with E-state index in [1.807, 2.05) is 12.1 Å². The van der Waals surface area contributed by atoms with Gasteiger partial charge in [-0.2, -0.15) is 0 Å². The van der Waals surface area contributed by atoms with Gasteiger partial charge in [-0.05, 0) is 62.6 Å². The van der Waals surface area contributed by atoms with E-state index >= 15 is 0 Å². The van der Waals surface area contributed by atoms with Gasteiger partial charge in [0.2, 0.25) is 0 Å². The second-order valence-electron chi connectivity index (χ2n) is 6.25. The lowest BCUT2D eigenvalue weighted by atomic mass is 10.0. The third kappa shape index (κ3) is 11.7. The van der Waals surface area contributed by atoms with Gasteiger partial charge in [0.05, 0.1) is 0 Å². The van der Waals surface area contributed by atoms with Gasteiger partial charge in [0.1, 0.15) is 12.0 Å². The van der Waals surface area contributed by atoms with E-state index in [2.05, 4.69) is 30.4 Å². The van der Waals surface area contributed by atoms with E-state index in [1.54, 1.807) is 6.07 Å². The van der Waals surface area contributed by atoms with Crippen molar-refractivity contribution in [3.05, 3.63) is 54.1 Å². The molecule has 0 spiro atoms. The number of carbonyl (C=O) groups excluding carboxylic acids is 1. The van der Waals surface area contributed by atoms with Crippen molar-refractivity contribution < 1.29 is 9.90 Å². The number of unbranched alkanes of at least 4 members (excludes halogenated alkanes) is 7. The normalized spacial score (nSPS) is 11.5. The molecule has 2 heteroatoms. The van der Waals surface area contributed by atoms with E-state index < -0.39 is 0 Å². The first-order valence-corrected chi connectivity index (χ1v) is 9.34. The summed E-state index contributed by atoms with van der Waals surface area (Å²) < 4.78 is 0. The Morgan fingerprint density at radius 2 is 1.50 bits per heavy atom. The summed E-state index contributed by atoms with van der Waals surface area (Å²) in [7, 11) is 0. The molecule has 0 fully saturated rings. The Hall–Kier alpha value is -1.83. The summed E-state index contributed by atoms with van der Waals surface area (Å²) in [5.74, 6) is 0.370. The third-order valence-electron chi connectivity index (χ3n) is 4.05. The van der Waals surface area contributed by atoms with Gasteiger partial charge in [0, 0.05) is 6.42 Å². The van der Waals surface area contributed by atoms with Crippen LogP contribution in [0.2, 0.25) is 0 Å². The quantitative estimate of drug-likeness (QED) is 0.253. The van der Waals surface area contributed by atoms with Gasteiger partial charge in [0.25, 0.3) is 0 Å². The predicted molar refractivity (Wildman–Crippen MR) is 102 cm³/mol. The average Bonchev–Trinajstić information content (AvgIpc) is 2.58. The maximum Gasteiger partial charge on any atom is 0.120 e. The topological polar surface area (TPSA) is 37.3 Å². The van der Waals surface area contributed by atoms with Crippen LogP contribution in [0.3, 0.4) is 0 Å². The molecular formula is C22H32O2. The fraction of sp³-hybridized carbons (Fsp3) is 0.500. The zero-order valence-electron chi connectivity index (χ0n) is 14.8. The minimum Gasteiger partial charge on any atom is -0.508 e. The van der Waals surface area contributed by atoms with Crippen LogP contribution in [0.5, 0.6) is 5.75 Å². The maximum atomic E-state index is 10.2. The summed E-state index contributed by atoms with van der Waals surface area (Å²) in [5.41, 5.74) is 1.23. The van der Waals surface area contributed by atoms with Crippen molar-refractivity contribution in [2.75, 3.05) is 0 Å². The van der Waals surface area contributed by atoms with Crippen LogP contribution in [0.4, 0.5) is 0 Å². The number of aldehydes is 1. The van der Waals surface area contributed by atoms with Crippen LogP contribution in [0.1, 0.15) is 69.8 Å². The Morgan fingerprint density at radius 3 is 2.25 bits per heavy atom. The summed E-state index contributed by atoms with van der Waals surface area (Å²) in [5, 5.41) is 9.42. The van der Waals surface area contributed by atoms with Gasteiger partial charge < -0.3 is 9.90 Å². The first kappa shape index (κ1) is 20.2. The lowest BCUT2D eigenvalue weighted by Gasteiger charge is -2.02. The van der Waals surface area contributed by atoms with Crippen molar-refractivity contribution in [2.45, 2.75) is 70.6 Å². The van der Waals surface area contributed by atoms with Crippen LogP contribution in [-0.2, 0) is 11.2 Å². The molecule has 1 aromatic rings. The molecule has 0 aliphatic carbocycles. The van der Waals surface area contributed by atoms with Gasteiger partial charge >= 0.3 is 0 Å². The van der Waals surface area contributed by atoms with Crippen LogP contribution in [0.25, 0.3) is 0 Å². The highest BCUT2D eigenvalue weighted by Gasteiger charge is 1.95. The van der Waals surface area contributed by atoms with E-state index in [4.69, 9.17) is 0 Å². The number of carbonyl (C=O) groups is 1. The summed E-state index contributed by atoms with van der Waals surface area (Å²) in [6.07, 6.45) is 22.1. The number of aromatic hydroxyl groups is 1. The van der Waals surface area contributed by atoms with E-state index in [1.165, 1.54) is 44.1 Å². The van der Waals surface area contributed by atoms with E-state index in [9.17, 15) is 9.90 Å². The molecule has 0 radical (unpaired) electrons. The van der Waals surface area contributed by atoms with E-state index in [-0.39, 0.29) is 0 Å². The molecule has 0 atom stereocenters. The third-order valence-corrected chi connectivity index (χ3v) is 4.05. The number of aryl methyl sites for hydroxylation is 1. The highest BCUT2D eigenvalue weighted by Crippen LogP contribution is 2.14. The number of phenols is 1. The zero-order chi connectivity index (χ0) is 17.3. The van der Waals surface area contributed by atoms with Gasteiger partial charge in [0.15, 0.2) is 0 Å². The van der Waals surface area contributed by atoms with Crippen LogP contribution in [-0.4, -0.2) is 11.4 Å². The van der Waals surface area contributed by atoms with Crippen molar-refractivity contribution in [2.24, 2.45) is 0 Å². The molecule has 0 amide bonds. The minimum absolute atomic E-state index is 0.370. The molecule has 2 nitrogen and oxygen atoms in total. The zero-order valence-corrected chi connectivity index (χ0v) is 14.8. The number of hydrogen-bond acceptors (Lipinski definition) is 2. The van der Waals surface area contributed by atoms with Gasteiger partial charge in [-0.3, -0.25) is 0 Å². The van der Waals surface area contributed by atoms with Gasteiger partial charge in [-0.1, -0.05) is 55.7 Å². The van der Waals surface area contributed by atoms with E-state index in [0.717, 1.165) is 32.0 Å². The fourth-order valence-corrected chi connectivity index (χ4v) is 2.66. The SMILES string of the molecule is O=CCCC/C=C/C/C=C/CCCCCCCc1cccc(O)c1. The molecule has 0 saturated carbocycles. The number of allylic oxidation sites excluding steroid dienone is 4. The molecule has 1 N–H and O–H groups in total. The molecule has 0 aromatic heterocycles. The van der Waals surface area contributed by atoms with Gasteiger partial charge in [-0.25, -0.2) is 0 Å². The van der Waals surface area contributed by atoms with Crippen molar-refractivity contribution in [3.8, 4) is 5.75 Å². The Balaban J connectivity index is 1.88. The summed E-state index contributed by atoms with van der Waals surface area (Å²) in [4.78, 5) is 10.2. The van der Waals surface area contributed by atoms with E-state index in [0.29, 0.717) is 12.2 Å². The first-order chi connectivity index (χ1) is 11.8. The molecule has 0 heterocycles. The standard InChI is InChI=1S/C22H32O2/c23-19-14-12-10-8-6-4-2-1-3-5-7-9-11-13-16-21-17-15-18-22(24)20-21/h1-2,6,8,15,17-20,24H,3-5,7,9-14,16H2/b2-1+,8-6+. The smallest absolute Gasteiger partial charge is 0.120 e. The summed E-state index contributed by atoms with van der Waals surface area (Å²) in [6, 6.07) is 7.58. The molecule has 0 aliphatic rings. The van der Waals surface area contributed by atoms with Crippen molar-refractivity contribution in [1.29, 1.82) is 0 Å². The predicted octanol–water partition coefficient (Wildman–Crippen LogP) is 6.15. The molecule has 0 saturated heterocycles. The second-order valence-corrected chi connectivity index (χ2v) is 6.25. The molecule has 1 aromatic carbocycles. The summed E-state index contributed by atoms with van der Waals surface area (Å²) >= 11 is 0. The molecule has 0 bridgehead atoms. The van der Waals surface area contributed by atoms with Crippen molar-refractivity contribution in [1.82, 2.24) is 0 Å². The number of phenolic OH excluding ortho intramolecular Hbond substituents is 1. The fourth-order valence-electron chi connectivity index (χ4n) is 2.66. The van der Waals surface area contributed by atoms with Crippen LogP contribution >= 0.6 is 0 Å².